The van der Waals surface area contributed by atoms with Crippen LogP contribution in [0.5, 0.6) is 0 Å². The second-order valence-electron chi connectivity index (χ2n) is 6.92. The van der Waals surface area contributed by atoms with Gasteiger partial charge >= 0.3 is 35.5 Å². The zero-order chi connectivity index (χ0) is 19.7. The minimum atomic E-state index is -4.63. The fraction of sp³-hybridized carbons (Fsp3) is 0.947. The molecule has 0 rings (SSSR count). The number of esters is 1. The summed E-state index contributed by atoms with van der Waals surface area (Å²) in [5.74, 6) is -0.168. The predicted octanol–water partition coefficient (Wildman–Crippen LogP) is 1.88. The van der Waals surface area contributed by atoms with Gasteiger partial charge in [-0.15, -0.1) is 0 Å². The van der Waals surface area contributed by atoms with E-state index in [-0.39, 0.29) is 35.5 Å². The third-order valence-electron chi connectivity index (χ3n) is 4.52. The molecule has 0 heterocycles. The zero-order valence-corrected chi connectivity index (χ0v) is 20.4. The summed E-state index contributed by atoms with van der Waals surface area (Å²) >= 11 is 0. The first-order chi connectivity index (χ1) is 12.4. The Kier molecular flexibility index (Phi) is 21.5. The summed E-state index contributed by atoms with van der Waals surface area (Å²) in [5, 5.41) is 0. The van der Waals surface area contributed by atoms with Crippen LogP contribution < -0.4 is 29.6 Å². The molecule has 0 aliphatic heterocycles. The standard InChI is InChI=1S/C19H38O6S.Na/c1-3-4-5-6-9-12-15-18(25-26(21,22)23)16-13-10-7-8-11-14-17-19(20)24-2;/h18H,3-17H2,1-2H3,(H,21,22,23);/q;+1/p-1. The van der Waals surface area contributed by atoms with Crippen molar-refractivity contribution in [1.29, 1.82) is 0 Å². The Morgan fingerprint density at radius 3 is 1.74 bits per heavy atom. The molecule has 1 unspecified atom stereocenters. The van der Waals surface area contributed by atoms with Gasteiger partial charge in [-0.2, -0.15) is 0 Å². The molecule has 0 saturated heterocycles. The van der Waals surface area contributed by atoms with Gasteiger partial charge in [0.1, 0.15) is 0 Å². The normalized spacial score (nSPS) is 12.4. The van der Waals surface area contributed by atoms with Crippen LogP contribution in [0.25, 0.3) is 0 Å². The topological polar surface area (TPSA) is 92.7 Å². The van der Waals surface area contributed by atoms with Crippen molar-refractivity contribution >= 4 is 16.4 Å². The Morgan fingerprint density at radius 1 is 0.852 bits per heavy atom. The Morgan fingerprint density at radius 2 is 1.30 bits per heavy atom. The molecule has 0 amide bonds. The van der Waals surface area contributed by atoms with Crippen LogP contribution in [0.4, 0.5) is 0 Å². The molecule has 6 nitrogen and oxygen atoms in total. The molecular weight excluding hydrogens is 379 g/mol. The fourth-order valence-electron chi connectivity index (χ4n) is 3.01. The number of hydrogen-bond acceptors (Lipinski definition) is 6. The number of carbonyl (C=O) groups excluding carboxylic acids is 1. The van der Waals surface area contributed by atoms with E-state index in [1.54, 1.807) is 0 Å². The van der Waals surface area contributed by atoms with E-state index in [0.29, 0.717) is 19.3 Å². The first kappa shape index (κ1) is 29.5. The third-order valence-corrected chi connectivity index (χ3v) is 5.03. The van der Waals surface area contributed by atoms with Gasteiger partial charge in [-0.05, 0) is 19.3 Å². The van der Waals surface area contributed by atoms with E-state index in [1.807, 2.05) is 0 Å². The summed E-state index contributed by atoms with van der Waals surface area (Å²) in [6.07, 6.45) is 13.7. The summed E-state index contributed by atoms with van der Waals surface area (Å²) in [7, 11) is -3.24. The van der Waals surface area contributed by atoms with Gasteiger partial charge in [0.05, 0.1) is 13.2 Å². The van der Waals surface area contributed by atoms with Gasteiger partial charge in [0.2, 0.25) is 10.4 Å². The van der Waals surface area contributed by atoms with E-state index in [9.17, 15) is 17.8 Å². The van der Waals surface area contributed by atoms with Crippen LogP contribution in [0.3, 0.4) is 0 Å². The molecule has 27 heavy (non-hydrogen) atoms. The van der Waals surface area contributed by atoms with Gasteiger partial charge in [0.25, 0.3) is 0 Å². The molecule has 0 aromatic rings. The van der Waals surface area contributed by atoms with E-state index in [2.05, 4.69) is 11.7 Å². The Hall–Kier alpha value is 0.340. The van der Waals surface area contributed by atoms with Crippen LogP contribution in [0.1, 0.15) is 103 Å². The molecule has 0 radical (unpaired) electrons. The molecule has 8 heteroatoms. The average Bonchev–Trinajstić information content (AvgIpc) is 2.58. The first-order valence-electron chi connectivity index (χ1n) is 10.1. The second kappa shape index (κ2) is 19.6. The summed E-state index contributed by atoms with van der Waals surface area (Å²) < 4.78 is 42.0. The maximum absolute atomic E-state index is 11.0. The van der Waals surface area contributed by atoms with Gasteiger partial charge in [0, 0.05) is 6.42 Å². The smallest absolute Gasteiger partial charge is 0.726 e. The number of unbranched alkanes of at least 4 members (excludes halogenated alkanes) is 10. The third kappa shape index (κ3) is 22.5. The van der Waals surface area contributed by atoms with Crippen molar-refractivity contribution in [3.8, 4) is 0 Å². The molecule has 0 aliphatic carbocycles. The predicted molar refractivity (Wildman–Crippen MR) is 102 cm³/mol. The number of hydrogen-bond donors (Lipinski definition) is 0. The molecule has 0 aliphatic rings. The summed E-state index contributed by atoms with van der Waals surface area (Å²) in [4.78, 5) is 11.0. The molecule has 0 spiro atoms. The van der Waals surface area contributed by atoms with Crippen LogP contribution in [-0.4, -0.2) is 32.2 Å². The average molecular weight is 417 g/mol. The number of methoxy groups -OCH3 is 1. The Balaban J connectivity index is 0. The Bertz CT molecular complexity index is 441. The van der Waals surface area contributed by atoms with E-state index >= 15 is 0 Å². The van der Waals surface area contributed by atoms with Crippen LogP contribution in [-0.2, 0) is 24.1 Å². The fourth-order valence-corrected chi connectivity index (χ4v) is 3.54. The van der Waals surface area contributed by atoms with Crippen molar-refractivity contribution in [2.45, 2.75) is 109 Å². The van der Waals surface area contributed by atoms with Crippen molar-refractivity contribution in [2.24, 2.45) is 0 Å². The molecule has 0 N–H and O–H groups in total. The largest absolute Gasteiger partial charge is 1.00 e. The molecule has 0 bridgehead atoms. The second-order valence-corrected chi connectivity index (χ2v) is 7.93. The van der Waals surface area contributed by atoms with Crippen molar-refractivity contribution < 1.29 is 56.2 Å². The minimum absolute atomic E-state index is 0. The van der Waals surface area contributed by atoms with Crippen molar-refractivity contribution in [2.75, 3.05) is 7.11 Å². The van der Waals surface area contributed by atoms with Gasteiger partial charge in [-0.3, -0.25) is 8.98 Å². The summed E-state index contributed by atoms with van der Waals surface area (Å²) in [5.41, 5.74) is 0. The van der Waals surface area contributed by atoms with E-state index in [1.165, 1.54) is 26.4 Å². The Labute approximate surface area is 188 Å². The number of carbonyl (C=O) groups is 1. The SMILES string of the molecule is CCCCCCCCC(CCCCCCCCC(=O)OC)OS(=O)(=O)[O-].[Na+]. The van der Waals surface area contributed by atoms with Crippen LogP contribution in [0.15, 0.2) is 0 Å². The zero-order valence-electron chi connectivity index (χ0n) is 17.5. The van der Waals surface area contributed by atoms with Crippen LogP contribution >= 0.6 is 0 Å². The van der Waals surface area contributed by atoms with E-state index in [4.69, 9.17) is 4.18 Å². The van der Waals surface area contributed by atoms with Gasteiger partial charge in [-0.1, -0.05) is 77.6 Å². The van der Waals surface area contributed by atoms with E-state index < -0.39 is 16.5 Å². The molecule has 0 aromatic heterocycles. The molecule has 0 aromatic carbocycles. The maximum Gasteiger partial charge on any atom is 1.00 e. The van der Waals surface area contributed by atoms with Crippen LogP contribution in [0.2, 0.25) is 0 Å². The summed E-state index contributed by atoms with van der Waals surface area (Å²) in [6, 6.07) is 0. The maximum atomic E-state index is 11.0. The molecule has 0 saturated carbocycles. The van der Waals surface area contributed by atoms with Gasteiger partial charge < -0.3 is 9.29 Å². The number of rotatable bonds is 18. The number of ether oxygens (including phenoxy) is 1. The van der Waals surface area contributed by atoms with Crippen molar-refractivity contribution in [3.63, 3.8) is 0 Å². The molecule has 156 valence electrons. The minimum Gasteiger partial charge on any atom is -0.726 e. The van der Waals surface area contributed by atoms with Gasteiger partial charge in [-0.25, -0.2) is 8.42 Å². The van der Waals surface area contributed by atoms with Crippen molar-refractivity contribution in [3.05, 3.63) is 0 Å². The molecule has 0 fully saturated rings. The van der Waals surface area contributed by atoms with Crippen LogP contribution in [0, 0.1) is 0 Å². The van der Waals surface area contributed by atoms with E-state index in [0.717, 1.165) is 57.8 Å². The first-order valence-corrected chi connectivity index (χ1v) is 11.4. The molecular formula is C19H37NaO6S. The summed E-state index contributed by atoms with van der Waals surface area (Å²) in [6.45, 7) is 2.17. The molecule has 1 atom stereocenters. The van der Waals surface area contributed by atoms with Gasteiger partial charge in [0.15, 0.2) is 0 Å². The van der Waals surface area contributed by atoms with Crippen molar-refractivity contribution in [1.82, 2.24) is 0 Å². The monoisotopic (exact) mass is 416 g/mol. The quantitative estimate of drug-likeness (QED) is 0.111.